The summed E-state index contributed by atoms with van der Waals surface area (Å²) < 4.78 is 5.27. The van der Waals surface area contributed by atoms with Crippen molar-refractivity contribution in [2.24, 2.45) is 0 Å². The first-order valence-corrected chi connectivity index (χ1v) is 5.16. The normalized spacial score (nSPS) is 21.1. The zero-order valence-electron chi connectivity index (χ0n) is 8.84. The third-order valence-corrected chi connectivity index (χ3v) is 2.84. The number of rotatable bonds is 2. The van der Waals surface area contributed by atoms with Crippen molar-refractivity contribution in [3.63, 3.8) is 0 Å². The summed E-state index contributed by atoms with van der Waals surface area (Å²) in [6.07, 6.45) is 1.24. The number of benzene rings is 1. The van der Waals surface area contributed by atoms with Gasteiger partial charge in [0.1, 0.15) is 5.75 Å². The zero-order valence-corrected chi connectivity index (χ0v) is 8.84. The number of hydrogen-bond donors (Lipinski definition) is 1. The minimum absolute atomic E-state index is 0.670. The van der Waals surface area contributed by atoms with E-state index in [0.29, 0.717) is 5.92 Å². The molecule has 1 saturated heterocycles. The Morgan fingerprint density at radius 3 is 2.86 bits per heavy atom. The topological polar surface area (TPSA) is 21.3 Å². The van der Waals surface area contributed by atoms with Crippen LogP contribution >= 0.6 is 0 Å². The van der Waals surface area contributed by atoms with E-state index in [-0.39, 0.29) is 0 Å². The third-order valence-electron chi connectivity index (χ3n) is 2.84. The summed E-state index contributed by atoms with van der Waals surface area (Å²) in [6.45, 7) is 4.36. The molecular weight excluding hydrogens is 174 g/mol. The average Bonchev–Trinajstić information content (AvgIpc) is 2.69. The fraction of sp³-hybridized carbons (Fsp3) is 0.500. The van der Waals surface area contributed by atoms with Crippen LogP contribution in [-0.4, -0.2) is 20.2 Å². The molecular formula is C12H17NO. The number of methoxy groups -OCH3 is 1. The highest BCUT2D eigenvalue weighted by Gasteiger charge is 2.17. The Morgan fingerprint density at radius 2 is 2.21 bits per heavy atom. The molecule has 2 rings (SSSR count). The lowest BCUT2D eigenvalue weighted by molar-refractivity contribution is 0.413. The minimum atomic E-state index is 0.670. The van der Waals surface area contributed by atoms with E-state index >= 15 is 0 Å². The smallest absolute Gasteiger partial charge is 0.119 e. The molecule has 0 unspecified atom stereocenters. The van der Waals surface area contributed by atoms with Crippen molar-refractivity contribution < 1.29 is 4.74 Å². The van der Waals surface area contributed by atoms with Crippen LogP contribution in [0.4, 0.5) is 0 Å². The van der Waals surface area contributed by atoms with Crippen molar-refractivity contribution in [1.29, 1.82) is 0 Å². The van der Waals surface area contributed by atoms with E-state index in [0.717, 1.165) is 18.8 Å². The Balaban J connectivity index is 2.27. The third kappa shape index (κ3) is 1.90. The molecule has 1 fully saturated rings. The molecule has 1 atom stereocenters. The maximum atomic E-state index is 5.27. The lowest BCUT2D eigenvalue weighted by Crippen LogP contribution is -2.08. The van der Waals surface area contributed by atoms with Crippen LogP contribution in [0.25, 0.3) is 0 Å². The molecule has 0 aliphatic carbocycles. The van der Waals surface area contributed by atoms with Gasteiger partial charge in [0.2, 0.25) is 0 Å². The largest absolute Gasteiger partial charge is 0.497 e. The number of nitrogens with one attached hydrogen (secondary N) is 1. The predicted octanol–water partition coefficient (Wildman–Crippen LogP) is 2.08. The molecule has 1 N–H and O–H groups in total. The van der Waals surface area contributed by atoms with Gasteiger partial charge in [-0.05, 0) is 49.1 Å². The van der Waals surface area contributed by atoms with Gasteiger partial charge in [-0.2, -0.15) is 0 Å². The lowest BCUT2D eigenvalue weighted by Gasteiger charge is -2.11. The molecule has 0 radical (unpaired) electrons. The van der Waals surface area contributed by atoms with Crippen molar-refractivity contribution in [2.45, 2.75) is 19.3 Å². The van der Waals surface area contributed by atoms with Crippen LogP contribution < -0.4 is 10.1 Å². The first kappa shape index (κ1) is 9.53. The van der Waals surface area contributed by atoms with Crippen molar-refractivity contribution in [3.05, 3.63) is 29.3 Å². The van der Waals surface area contributed by atoms with Crippen molar-refractivity contribution in [3.8, 4) is 5.75 Å². The number of hydrogen-bond acceptors (Lipinski definition) is 2. The molecule has 1 aromatic rings. The van der Waals surface area contributed by atoms with Gasteiger partial charge in [0.25, 0.3) is 0 Å². The van der Waals surface area contributed by atoms with Gasteiger partial charge in [0, 0.05) is 6.54 Å². The maximum Gasteiger partial charge on any atom is 0.119 e. The zero-order chi connectivity index (χ0) is 9.97. The second-order valence-corrected chi connectivity index (χ2v) is 3.97. The fourth-order valence-electron chi connectivity index (χ4n) is 2.07. The highest BCUT2D eigenvalue weighted by Crippen LogP contribution is 2.26. The van der Waals surface area contributed by atoms with Gasteiger partial charge in [-0.15, -0.1) is 0 Å². The highest BCUT2D eigenvalue weighted by atomic mass is 16.5. The van der Waals surface area contributed by atoms with E-state index in [2.05, 4.69) is 30.4 Å². The van der Waals surface area contributed by atoms with Crippen LogP contribution in [0.2, 0.25) is 0 Å². The van der Waals surface area contributed by atoms with Gasteiger partial charge in [-0.25, -0.2) is 0 Å². The molecule has 14 heavy (non-hydrogen) atoms. The Kier molecular flexibility index (Phi) is 2.73. The quantitative estimate of drug-likeness (QED) is 0.772. The monoisotopic (exact) mass is 191 g/mol. The summed E-state index contributed by atoms with van der Waals surface area (Å²) >= 11 is 0. The Labute approximate surface area is 85.3 Å². The van der Waals surface area contributed by atoms with Crippen LogP contribution in [0.15, 0.2) is 18.2 Å². The summed E-state index contributed by atoms with van der Waals surface area (Å²) in [6, 6.07) is 6.50. The van der Waals surface area contributed by atoms with Crippen LogP contribution in [-0.2, 0) is 0 Å². The molecule has 2 heteroatoms. The van der Waals surface area contributed by atoms with Gasteiger partial charge in [0.15, 0.2) is 0 Å². The Hall–Kier alpha value is -1.02. The molecule has 76 valence electrons. The van der Waals surface area contributed by atoms with E-state index in [1.165, 1.54) is 17.5 Å². The molecule has 0 aromatic heterocycles. The molecule has 2 nitrogen and oxygen atoms in total. The van der Waals surface area contributed by atoms with E-state index in [1.54, 1.807) is 7.11 Å². The SMILES string of the molecule is COc1cc(C)cc([C@H]2CCNC2)c1. The first-order valence-electron chi connectivity index (χ1n) is 5.16. The standard InChI is InChI=1S/C12H17NO/c1-9-5-11(7-12(6-9)14-2)10-3-4-13-8-10/h5-7,10,13H,3-4,8H2,1-2H3/t10-/m0/s1. The Bertz CT molecular complexity index is 316. The fourth-order valence-corrected chi connectivity index (χ4v) is 2.07. The molecule has 1 aliphatic rings. The summed E-state index contributed by atoms with van der Waals surface area (Å²) in [5, 5.41) is 3.39. The number of ether oxygens (including phenoxy) is 1. The summed E-state index contributed by atoms with van der Waals surface area (Å²) in [7, 11) is 1.73. The van der Waals surface area contributed by atoms with Crippen LogP contribution in [0.5, 0.6) is 5.75 Å². The molecule has 1 aromatic carbocycles. The van der Waals surface area contributed by atoms with E-state index in [4.69, 9.17) is 4.74 Å². The van der Waals surface area contributed by atoms with Gasteiger partial charge in [-0.3, -0.25) is 0 Å². The highest BCUT2D eigenvalue weighted by molar-refractivity contribution is 5.36. The summed E-state index contributed by atoms with van der Waals surface area (Å²) in [5.74, 6) is 1.65. The van der Waals surface area contributed by atoms with Gasteiger partial charge in [-0.1, -0.05) is 6.07 Å². The van der Waals surface area contributed by atoms with Crippen molar-refractivity contribution >= 4 is 0 Å². The molecule has 0 amide bonds. The first-order chi connectivity index (χ1) is 6.79. The number of aryl methyl sites for hydroxylation is 1. The van der Waals surface area contributed by atoms with Crippen LogP contribution in [0.1, 0.15) is 23.5 Å². The molecule has 1 aliphatic heterocycles. The average molecular weight is 191 g/mol. The molecule has 0 bridgehead atoms. The second-order valence-electron chi connectivity index (χ2n) is 3.97. The maximum absolute atomic E-state index is 5.27. The van der Waals surface area contributed by atoms with E-state index < -0.39 is 0 Å². The van der Waals surface area contributed by atoms with Crippen molar-refractivity contribution in [1.82, 2.24) is 5.32 Å². The molecule has 0 spiro atoms. The second kappa shape index (κ2) is 4.01. The molecule has 0 saturated carbocycles. The van der Waals surface area contributed by atoms with Gasteiger partial charge < -0.3 is 10.1 Å². The lowest BCUT2D eigenvalue weighted by atomic mass is 9.96. The summed E-state index contributed by atoms with van der Waals surface area (Å²) in [4.78, 5) is 0. The Morgan fingerprint density at radius 1 is 1.36 bits per heavy atom. The summed E-state index contributed by atoms with van der Waals surface area (Å²) in [5.41, 5.74) is 2.69. The van der Waals surface area contributed by atoms with Crippen LogP contribution in [0, 0.1) is 6.92 Å². The van der Waals surface area contributed by atoms with Crippen LogP contribution in [0.3, 0.4) is 0 Å². The van der Waals surface area contributed by atoms with Crippen molar-refractivity contribution in [2.75, 3.05) is 20.2 Å². The van der Waals surface area contributed by atoms with E-state index in [1.807, 2.05) is 0 Å². The predicted molar refractivity (Wildman–Crippen MR) is 58.0 cm³/mol. The van der Waals surface area contributed by atoms with Gasteiger partial charge in [0.05, 0.1) is 7.11 Å². The van der Waals surface area contributed by atoms with E-state index in [9.17, 15) is 0 Å². The minimum Gasteiger partial charge on any atom is -0.497 e. The molecule has 1 heterocycles. The van der Waals surface area contributed by atoms with Gasteiger partial charge >= 0.3 is 0 Å².